The summed E-state index contributed by atoms with van der Waals surface area (Å²) in [5.41, 5.74) is 0.709. The van der Waals surface area contributed by atoms with Crippen LogP contribution in [0.3, 0.4) is 0 Å². The van der Waals surface area contributed by atoms with Gasteiger partial charge in [0.05, 0.1) is 35.3 Å². The Morgan fingerprint density at radius 1 is 1.58 bits per heavy atom. The molecule has 0 amide bonds. The number of nitro benzene ring substituents is 1. The maximum atomic E-state index is 11.2. The summed E-state index contributed by atoms with van der Waals surface area (Å²) in [4.78, 5) is 12.9. The van der Waals surface area contributed by atoms with Crippen molar-refractivity contribution in [1.29, 1.82) is 0 Å². The molecule has 0 aliphatic carbocycles. The van der Waals surface area contributed by atoms with Gasteiger partial charge in [0.2, 0.25) is 0 Å². The Morgan fingerprint density at radius 2 is 2.37 bits per heavy atom. The normalized spacial score (nSPS) is 24.8. The molecule has 6 nitrogen and oxygen atoms in total. The zero-order valence-corrected chi connectivity index (χ0v) is 11.9. The van der Waals surface area contributed by atoms with Crippen molar-refractivity contribution in [2.45, 2.75) is 18.6 Å². The average Bonchev–Trinajstić information content (AvgIpc) is 3.00. The molecule has 1 aromatic carbocycles. The van der Waals surface area contributed by atoms with Crippen LogP contribution in [0.15, 0.2) is 16.6 Å². The first-order chi connectivity index (χ1) is 9.10. The summed E-state index contributed by atoms with van der Waals surface area (Å²) in [6.45, 7) is 1.34. The van der Waals surface area contributed by atoms with Gasteiger partial charge in [0.15, 0.2) is 0 Å². The number of anilines is 1. The molecule has 0 aromatic heterocycles. The Labute approximate surface area is 118 Å². The first-order valence-corrected chi connectivity index (χ1v) is 6.79. The summed E-state index contributed by atoms with van der Waals surface area (Å²) in [5, 5.41) is 11.2. The zero-order valence-electron chi connectivity index (χ0n) is 10.3. The Kier molecular flexibility index (Phi) is 3.10. The standard InChI is InChI=1S/C12H13BrN2O4/c1-18-12-4-10(11(15(16)17)3-9(12)13)14-5-8-2-7(14)6-19-8/h3-4,7-8H,2,5-6H2,1H3. The minimum absolute atomic E-state index is 0.0974. The fourth-order valence-electron chi connectivity index (χ4n) is 2.76. The van der Waals surface area contributed by atoms with Gasteiger partial charge in [-0.3, -0.25) is 10.1 Å². The topological polar surface area (TPSA) is 64.8 Å². The molecule has 2 bridgehead atoms. The quantitative estimate of drug-likeness (QED) is 0.629. The number of ether oxygens (including phenoxy) is 2. The van der Waals surface area contributed by atoms with E-state index in [1.165, 1.54) is 6.07 Å². The van der Waals surface area contributed by atoms with E-state index in [0.29, 0.717) is 29.1 Å². The Morgan fingerprint density at radius 3 is 2.89 bits per heavy atom. The maximum Gasteiger partial charge on any atom is 0.293 e. The van der Waals surface area contributed by atoms with E-state index in [4.69, 9.17) is 9.47 Å². The second-order valence-electron chi connectivity index (χ2n) is 4.73. The van der Waals surface area contributed by atoms with Gasteiger partial charge in [-0.25, -0.2) is 0 Å². The van der Waals surface area contributed by atoms with Gasteiger partial charge in [0.25, 0.3) is 5.69 Å². The van der Waals surface area contributed by atoms with Crippen molar-refractivity contribution in [3.63, 3.8) is 0 Å². The number of halogens is 1. The minimum Gasteiger partial charge on any atom is -0.495 e. The molecule has 2 atom stereocenters. The lowest BCUT2D eigenvalue weighted by atomic mass is 10.2. The second-order valence-corrected chi connectivity index (χ2v) is 5.58. The Balaban J connectivity index is 2.05. The van der Waals surface area contributed by atoms with E-state index in [2.05, 4.69) is 20.8 Å². The molecule has 0 N–H and O–H groups in total. The number of fused-ring (bicyclic) bond motifs is 2. The molecule has 7 heteroatoms. The highest BCUT2D eigenvalue weighted by molar-refractivity contribution is 9.10. The van der Waals surface area contributed by atoms with E-state index in [1.807, 2.05) is 0 Å². The molecule has 2 aliphatic rings. The van der Waals surface area contributed by atoms with Gasteiger partial charge in [-0.05, 0) is 22.4 Å². The largest absolute Gasteiger partial charge is 0.495 e. The van der Waals surface area contributed by atoms with E-state index in [0.717, 1.165) is 6.42 Å². The lowest BCUT2D eigenvalue weighted by Crippen LogP contribution is -2.37. The average molecular weight is 329 g/mol. The van der Waals surface area contributed by atoms with Crippen LogP contribution < -0.4 is 9.64 Å². The van der Waals surface area contributed by atoms with Gasteiger partial charge >= 0.3 is 0 Å². The van der Waals surface area contributed by atoms with Crippen molar-refractivity contribution in [3.05, 3.63) is 26.7 Å². The van der Waals surface area contributed by atoms with E-state index < -0.39 is 0 Å². The first kappa shape index (κ1) is 12.7. The van der Waals surface area contributed by atoms with Crippen molar-refractivity contribution < 1.29 is 14.4 Å². The summed E-state index contributed by atoms with van der Waals surface area (Å²) in [6, 6.07) is 3.46. The maximum absolute atomic E-state index is 11.2. The van der Waals surface area contributed by atoms with Crippen LogP contribution in [-0.4, -0.2) is 37.3 Å². The van der Waals surface area contributed by atoms with E-state index >= 15 is 0 Å². The molecule has 102 valence electrons. The van der Waals surface area contributed by atoms with Crippen LogP contribution in [-0.2, 0) is 4.74 Å². The van der Waals surface area contributed by atoms with Crippen LogP contribution >= 0.6 is 15.9 Å². The van der Waals surface area contributed by atoms with Crippen LogP contribution in [0.1, 0.15) is 6.42 Å². The summed E-state index contributed by atoms with van der Waals surface area (Å²) in [6.07, 6.45) is 1.13. The molecule has 0 spiro atoms. The molecule has 2 unspecified atom stereocenters. The van der Waals surface area contributed by atoms with Crippen molar-refractivity contribution in [2.75, 3.05) is 25.2 Å². The molecule has 3 rings (SSSR count). The SMILES string of the molecule is COc1cc(N2CC3CC2CO3)c([N+](=O)[O-])cc1Br. The van der Waals surface area contributed by atoms with Gasteiger partial charge in [0.1, 0.15) is 11.4 Å². The summed E-state index contributed by atoms with van der Waals surface area (Å²) >= 11 is 3.29. The number of morpholine rings is 1. The predicted molar refractivity (Wildman–Crippen MR) is 72.8 cm³/mol. The van der Waals surface area contributed by atoms with E-state index in [-0.39, 0.29) is 22.8 Å². The van der Waals surface area contributed by atoms with Crippen molar-refractivity contribution in [3.8, 4) is 5.75 Å². The smallest absolute Gasteiger partial charge is 0.293 e. The molecule has 0 saturated carbocycles. The molecular weight excluding hydrogens is 316 g/mol. The molecule has 2 aliphatic heterocycles. The lowest BCUT2D eigenvalue weighted by molar-refractivity contribution is -0.384. The number of methoxy groups -OCH3 is 1. The summed E-state index contributed by atoms with van der Waals surface area (Å²) in [7, 11) is 1.55. The number of nitrogens with zero attached hydrogens (tertiary/aromatic N) is 2. The molecule has 2 saturated heterocycles. The van der Waals surface area contributed by atoms with Gasteiger partial charge in [-0.15, -0.1) is 0 Å². The van der Waals surface area contributed by atoms with Gasteiger partial charge in [-0.2, -0.15) is 0 Å². The fourth-order valence-corrected chi connectivity index (χ4v) is 3.25. The van der Waals surface area contributed by atoms with Crippen molar-refractivity contribution >= 4 is 27.3 Å². The Bertz CT molecular complexity index is 537. The van der Waals surface area contributed by atoms with Crippen LogP contribution in [0.2, 0.25) is 0 Å². The minimum atomic E-state index is -0.355. The lowest BCUT2D eigenvalue weighted by Gasteiger charge is -2.28. The number of hydrogen-bond acceptors (Lipinski definition) is 5. The number of hydrogen-bond donors (Lipinski definition) is 0. The summed E-state index contributed by atoms with van der Waals surface area (Å²) in [5.74, 6) is 0.601. The highest BCUT2D eigenvalue weighted by atomic mass is 79.9. The van der Waals surface area contributed by atoms with Crippen molar-refractivity contribution in [1.82, 2.24) is 0 Å². The monoisotopic (exact) mass is 328 g/mol. The predicted octanol–water partition coefficient (Wildman–Crippen LogP) is 2.34. The molecular formula is C12H13BrN2O4. The van der Waals surface area contributed by atoms with Crippen LogP contribution in [0, 0.1) is 10.1 Å². The highest BCUT2D eigenvalue weighted by Gasteiger charge is 2.41. The van der Waals surface area contributed by atoms with Gasteiger partial charge < -0.3 is 14.4 Å². The molecule has 19 heavy (non-hydrogen) atoms. The van der Waals surface area contributed by atoms with Gasteiger partial charge in [-0.1, -0.05) is 0 Å². The zero-order chi connectivity index (χ0) is 13.6. The van der Waals surface area contributed by atoms with Crippen LogP contribution in [0.25, 0.3) is 0 Å². The Hall–Kier alpha value is -1.34. The third-order valence-electron chi connectivity index (χ3n) is 3.66. The number of nitro groups is 1. The van der Waals surface area contributed by atoms with Crippen molar-refractivity contribution in [2.24, 2.45) is 0 Å². The van der Waals surface area contributed by atoms with E-state index in [9.17, 15) is 10.1 Å². The van der Waals surface area contributed by atoms with Crippen LogP contribution in [0.5, 0.6) is 5.75 Å². The van der Waals surface area contributed by atoms with E-state index in [1.54, 1.807) is 13.2 Å². The highest BCUT2D eigenvalue weighted by Crippen LogP contribution is 2.42. The molecule has 0 radical (unpaired) electrons. The first-order valence-electron chi connectivity index (χ1n) is 6.00. The van der Waals surface area contributed by atoms with Crippen LogP contribution in [0.4, 0.5) is 11.4 Å². The second kappa shape index (κ2) is 4.64. The number of rotatable bonds is 3. The fraction of sp³-hybridized carbons (Fsp3) is 0.500. The molecule has 2 fully saturated rings. The third kappa shape index (κ3) is 2.06. The molecule has 1 aromatic rings. The molecule has 2 heterocycles. The summed E-state index contributed by atoms with van der Waals surface area (Å²) < 4.78 is 11.4. The van der Waals surface area contributed by atoms with Gasteiger partial charge in [0, 0.05) is 18.7 Å². The number of benzene rings is 1. The third-order valence-corrected chi connectivity index (χ3v) is 4.28.